The fraction of sp³-hybridized carbons (Fsp3) is 0.571. The molecule has 0 bridgehead atoms. The third kappa shape index (κ3) is 5.79. The van der Waals surface area contributed by atoms with E-state index in [2.05, 4.69) is 10.3 Å². The van der Waals surface area contributed by atoms with E-state index in [4.69, 9.17) is 4.74 Å². The van der Waals surface area contributed by atoms with E-state index in [9.17, 15) is 18.0 Å². The molecular weight excluding hydrogens is 438 g/mol. The summed E-state index contributed by atoms with van der Waals surface area (Å²) < 4.78 is 29.6. The smallest absolute Gasteiger partial charge is 0.407 e. The number of nitrogens with zero attached hydrogens (tertiary/aromatic N) is 2. The Kier molecular flexibility index (Phi) is 6.71. The maximum atomic E-state index is 12.5. The number of fused-ring (bicyclic) bond motifs is 1. The first kappa shape index (κ1) is 23.6. The van der Waals surface area contributed by atoms with Crippen LogP contribution in [0.3, 0.4) is 0 Å². The van der Waals surface area contributed by atoms with Crippen molar-refractivity contribution in [3.05, 3.63) is 29.3 Å². The molecule has 2 fully saturated rings. The summed E-state index contributed by atoms with van der Waals surface area (Å²) in [6.45, 7) is 9.38. The largest absolute Gasteiger partial charge is 0.444 e. The van der Waals surface area contributed by atoms with E-state index < -0.39 is 21.5 Å². The molecule has 0 radical (unpaired) electrons. The molecule has 2 heterocycles. The minimum absolute atomic E-state index is 0.0254. The van der Waals surface area contributed by atoms with Gasteiger partial charge in [-0.05, 0) is 51.8 Å². The van der Waals surface area contributed by atoms with Crippen LogP contribution in [0, 0.1) is 13.8 Å². The van der Waals surface area contributed by atoms with Gasteiger partial charge in [0.1, 0.15) is 5.60 Å². The van der Waals surface area contributed by atoms with Gasteiger partial charge >= 0.3 is 6.09 Å². The summed E-state index contributed by atoms with van der Waals surface area (Å²) in [6, 6.07) is 5.60. The van der Waals surface area contributed by atoms with Gasteiger partial charge in [-0.1, -0.05) is 23.9 Å². The van der Waals surface area contributed by atoms with Crippen molar-refractivity contribution in [2.45, 2.75) is 57.9 Å². The SMILES string of the molecule is Cc1cccc(N2C(=NC(=O)CCNC(=O)OC(C)(C)C)S[C@@H]3CS(=O)(=O)C[C@@H]32)c1C. The Morgan fingerprint density at radius 1 is 1.26 bits per heavy atom. The number of aliphatic imine (C=N–C) groups is 1. The number of ether oxygens (including phenoxy) is 1. The maximum absolute atomic E-state index is 12.5. The zero-order chi connectivity index (χ0) is 23.0. The number of sulfone groups is 1. The van der Waals surface area contributed by atoms with E-state index in [0.717, 1.165) is 16.8 Å². The molecule has 0 aliphatic carbocycles. The van der Waals surface area contributed by atoms with Crippen LogP contribution in [-0.4, -0.2) is 60.5 Å². The molecule has 3 rings (SSSR count). The van der Waals surface area contributed by atoms with E-state index in [1.54, 1.807) is 20.8 Å². The normalized spacial score (nSPS) is 23.6. The van der Waals surface area contributed by atoms with E-state index in [1.807, 2.05) is 36.9 Å². The second-order valence-electron chi connectivity index (χ2n) is 8.86. The zero-order valence-electron chi connectivity index (χ0n) is 18.5. The monoisotopic (exact) mass is 467 g/mol. The number of rotatable bonds is 4. The molecule has 2 amide bonds. The summed E-state index contributed by atoms with van der Waals surface area (Å²) >= 11 is 1.34. The number of hydrogen-bond donors (Lipinski definition) is 1. The molecule has 2 atom stereocenters. The van der Waals surface area contributed by atoms with Crippen LogP contribution in [0.4, 0.5) is 10.5 Å². The molecule has 0 saturated carbocycles. The third-order valence-electron chi connectivity index (χ3n) is 5.13. The minimum Gasteiger partial charge on any atom is -0.444 e. The summed E-state index contributed by atoms with van der Waals surface area (Å²) in [4.78, 5) is 30.4. The van der Waals surface area contributed by atoms with Gasteiger partial charge in [-0.3, -0.25) is 4.79 Å². The van der Waals surface area contributed by atoms with Crippen LogP contribution >= 0.6 is 11.8 Å². The van der Waals surface area contributed by atoms with Gasteiger partial charge in [0, 0.05) is 23.9 Å². The lowest BCUT2D eigenvalue weighted by molar-refractivity contribution is -0.117. The number of nitrogens with one attached hydrogen (secondary N) is 1. The molecule has 2 aliphatic rings. The first-order valence-corrected chi connectivity index (χ1v) is 12.9. The van der Waals surface area contributed by atoms with Gasteiger partial charge in [0.2, 0.25) is 5.91 Å². The minimum atomic E-state index is -3.12. The molecule has 0 unspecified atom stereocenters. The fourth-order valence-corrected chi connectivity index (χ4v) is 7.52. The van der Waals surface area contributed by atoms with Crippen LogP contribution in [0.2, 0.25) is 0 Å². The van der Waals surface area contributed by atoms with Crippen LogP contribution in [0.25, 0.3) is 0 Å². The second kappa shape index (κ2) is 8.82. The number of amides is 2. The predicted molar refractivity (Wildman–Crippen MR) is 124 cm³/mol. The highest BCUT2D eigenvalue weighted by atomic mass is 32.2. The van der Waals surface area contributed by atoms with E-state index in [0.29, 0.717) is 5.17 Å². The lowest BCUT2D eigenvalue weighted by atomic mass is 10.1. The zero-order valence-corrected chi connectivity index (χ0v) is 20.1. The first-order valence-electron chi connectivity index (χ1n) is 10.2. The van der Waals surface area contributed by atoms with Crippen LogP contribution in [-0.2, 0) is 19.4 Å². The fourth-order valence-electron chi connectivity index (χ4n) is 3.59. The van der Waals surface area contributed by atoms with Crippen LogP contribution < -0.4 is 10.2 Å². The number of carbonyl (C=O) groups excluding carboxylic acids is 2. The number of anilines is 1. The number of carbonyl (C=O) groups is 2. The van der Waals surface area contributed by atoms with Crippen molar-refractivity contribution in [3.63, 3.8) is 0 Å². The van der Waals surface area contributed by atoms with Gasteiger partial charge in [0.15, 0.2) is 15.0 Å². The molecule has 1 aromatic carbocycles. The molecule has 1 aromatic rings. The highest BCUT2D eigenvalue weighted by Crippen LogP contribution is 2.42. The topological polar surface area (TPSA) is 105 Å². The Hall–Kier alpha value is -2.07. The summed E-state index contributed by atoms with van der Waals surface area (Å²) in [6.07, 6.45) is -0.558. The van der Waals surface area contributed by atoms with Gasteiger partial charge in [-0.15, -0.1) is 0 Å². The molecule has 1 N–H and O–H groups in total. The van der Waals surface area contributed by atoms with E-state index in [-0.39, 0.29) is 41.7 Å². The number of benzene rings is 1. The highest BCUT2D eigenvalue weighted by molar-refractivity contribution is 8.16. The van der Waals surface area contributed by atoms with Gasteiger partial charge in [-0.25, -0.2) is 13.2 Å². The lowest BCUT2D eigenvalue weighted by Crippen LogP contribution is -2.38. The molecule has 2 aliphatic heterocycles. The second-order valence-corrected chi connectivity index (χ2v) is 12.2. The van der Waals surface area contributed by atoms with Crippen molar-refractivity contribution in [2.75, 3.05) is 23.0 Å². The van der Waals surface area contributed by atoms with Gasteiger partial charge in [0.25, 0.3) is 0 Å². The molecule has 170 valence electrons. The van der Waals surface area contributed by atoms with Crippen molar-refractivity contribution >= 4 is 44.5 Å². The number of amidine groups is 1. The Balaban J connectivity index is 1.76. The van der Waals surface area contributed by atoms with Crippen molar-refractivity contribution in [1.29, 1.82) is 0 Å². The maximum Gasteiger partial charge on any atom is 0.407 e. The molecule has 0 spiro atoms. The Morgan fingerprint density at radius 3 is 2.65 bits per heavy atom. The van der Waals surface area contributed by atoms with Crippen molar-refractivity contribution in [1.82, 2.24) is 5.32 Å². The third-order valence-corrected chi connectivity index (χ3v) is 8.34. The molecule has 0 aromatic heterocycles. The quantitative estimate of drug-likeness (QED) is 0.726. The number of aryl methyl sites for hydroxylation is 1. The Bertz CT molecular complexity index is 1010. The summed E-state index contributed by atoms with van der Waals surface area (Å²) in [5.74, 6) is -0.251. The number of alkyl carbamates (subject to hydrolysis) is 1. The number of thioether (sulfide) groups is 1. The van der Waals surface area contributed by atoms with Crippen LogP contribution in [0.5, 0.6) is 0 Å². The van der Waals surface area contributed by atoms with Gasteiger partial charge in [-0.2, -0.15) is 4.99 Å². The van der Waals surface area contributed by atoms with Crippen molar-refractivity contribution < 1.29 is 22.7 Å². The van der Waals surface area contributed by atoms with Crippen LogP contribution in [0.1, 0.15) is 38.3 Å². The average Bonchev–Trinajstić information content (AvgIpc) is 3.07. The lowest BCUT2D eigenvalue weighted by Gasteiger charge is -2.26. The van der Waals surface area contributed by atoms with Crippen LogP contribution in [0.15, 0.2) is 23.2 Å². The van der Waals surface area contributed by atoms with Gasteiger partial charge in [0.05, 0.1) is 17.5 Å². The first-order chi connectivity index (χ1) is 14.4. The summed E-state index contributed by atoms with van der Waals surface area (Å²) in [7, 11) is -3.12. The Labute approximate surface area is 187 Å². The average molecular weight is 468 g/mol. The molecule has 10 heteroatoms. The van der Waals surface area contributed by atoms with Gasteiger partial charge < -0.3 is 15.0 Å². The molecular formula is C21H29N3O5S2. The molecule has 8 nitrogen and oxygen atoms in total. The number of hydrogen-bond acceptors (Lipinski definition) is 6. The standard InChI is InChI=1S/C21H29N3O5S2/c1-13-7-6-8-15(14(13)2)24-16-11-31(27,28)12-17(16)30-19(24)23-18(25)9-10-22-20(26)29-21(3,4)5/h6-8,16-17H,9-12H2,1-5H3,(H,22,26)/t16-,17+/m0/s1. The van der Waals surface area contributed by atoms with Crippen molar-refractivity contribution in [2.24, 2.45) is 4.99 Å². The summed E-state index contributed by atoms with van der Waals surface area (Å²) in [5.41, 5.74) is 2.37. The highest BCUT2D eigenvalue weighted by Gasteiger charge is 2.49. The molecule has 31 heavy (non-hydrogen) atoms. The Morgan fingerprint density at radius 2 is 1.97 bits per heavy atom. The van der Waals surface area contributed by atoms with E-state index in [1.165, 1.54) is 11.8 Å². The molecule has 2 saturated heterocycles. The van der Waals surface area contributed by atoms with E-state index >= 15 is 0 Å². The van der Waals surface area contributed by atoms with Crippen molar-refractivity contribution in [3.8, 4) is 0 Å². The summed E-state index contributed by atoms with van der Waals surface area (Å²) in [5, 5.41) is 2.91. The predicted octanol–water partition coefficient (Wildman–Crippen LogP) is 2.82.